The lowest BCUT2D eigenvalue weighted by atomic mass is 10.1. The Morgan fingerprint density at radius 3 is 2.89 bits per heavy atom. The molecule has 0 aliphatic rings. The molecule has 2 heterocycles. The molecule has 2 rings (SSSR count). The number of amides is 1. The molecule has 5 heteroatoms. The average Bonchev–Trinajstić information content (AvgIpc) is 2.85. The van der Waals surface area contributed by atoms with Gasteiger partial charge in [0, 0.05) is 13.3 Å². The van der Waals surface area contributed by atoms with Crippen LogP contribution in [0.2, 0.25) is 0 Å². The zero-order valence-corrected chi connectivity index (χ0v) is 10.9. The highest BCUT2D eigenvalue weighted by molar-refractivity contribution is 5.95. The van der Waals surface area contributed by atoms with Crippen LogP contribution in [0.25, 0.3) is 0 Å². The Balaban J connectivity index is 2.14. The van der Waals surface area contributed by atoms with E-state index in [2.05, 4.69) is 10.3 Å². The van der Waals surface area contributed by atoms with Gasteiger partial charge in [0.1, 0.15) is 5.76 Å². The Kier molecular flexibility index (Phi) is 4.30. The van der Waals surface area contributed by atoms with Crippen molar-refractivity contribution in [3.8, 4) is 0 Å². The van der Waals surface area contributed by atoms with Gasteiger partial charge in [-0.15, -0.1) is 0 Å². The Bertz CT molecular complexity index is 537. The normalized spacial score (nSPS) is 12.1. The first kappa shape index (κ1) is 13.3. The van der Waals surface area contributed by atoms with Gasteiger partial charge in [0.05, 0.1) is 30.2 Å². The van der Waals surface area contributed by atoms with E-state index in [1.54, 1.807) is 26.3 Å². The van der Waals surface area contributed by atoms with Gasteiger partial charge in [-0.25, -0.2) is 0 Å². The number of nitrogens with one attached hydrogen (secondary N) is 1. The summed E-state index contributed by atoms with van der Waals surface area (Å²) in [6, 6.07) is 6.92. The molecule has 0 aromatic carbocycles. The van der Waals surface area contributed by atoms with Crippen molar-refractivity contribution in [1.29, 1.82) is 0 Å². The van der Waals surface area contributed by atoms with Crippen molar-refractivity contribution in [2.45, 2.75) is 13.0 Å². The summed E-state index contributed by atoms with van der Waals surface area (Å²) < 4.78 is 10.3. The van der Waals surface area contributed by atoms with Crippen molar-refractivity contribution >= 4 is 5.91 Å². The van der Waals surface area contributed by atoms with Gasteiger partial charge >= 0.3 is 0 Å². The molecule has 0 aliphatic heterocycles. The molecule has 0 radical (unpaired) electrons. The molecule has 5 nitrogen and oxygen atoms in total. The first-order valence-corrected chi connectivity index (χ1v) is 5.97. The first-order chi connectivity index (χ1) is 9.22. The quantitative estimate of drug-likeness (QED) is 0.894. The smallest absolute Gasteiger partial charge is 0.255 e. The summed E-state index contributed by atoms with van der Waals surface area (Å²) in [6.45, 7) is 2.11. The van der Waals surface area contributed by atoms with Crippen LogP contribution in [-0.4, -0.2) is 24.6 Å². The fourth-order valence-electron chi connectivity index (χ4n) is 1.81. The second-order valence-corrected chi connectivity index (χ2v) is 4.13. The lowest BCUT2D eigenvalue weighted by molar-refractivity contribution is 0.0893. The van der Waals surface area contributed by atoms with E-state index in [0.29, 0.717) is 17.9 Å². The maximum Gasteiger partial charge on any atom is 0.255 e. The van der Waals surface area contributed by atoms with Crippen LogP contribution in [0.3, 0.4) is 0 Å². The van der Waals surface area contributed by atoms with Gasteiger partial charge in [0.2, 0.25) is 0 Å². The molecule has 0 saturated carbocycles. The molecular formula is C14H16N2O3. The highest BCUT2D eigenvalue weighted by Gasteiger charge is 2.18. The highest BCUT2D eigenvalue weighted by atomic mass is 16.5. The van der Waals surface area contributed by atoms with E-state index in [1.807, 2.05) is 18.2 Å². The summed E-state index contributed by atoms with van der Waals surface area (Å²) in [6.07, 6.45) is 3.18. The Labute approximate surface area is 111 Å². The number of aryl methyl sites for hydroxylation is 1. The van der Waals surface area contributed by atoms with E-state index in [0.717, 1.165) is 5.69 Å². The van der Waals surface area contributed by atoms with Crippen LogP contribution in [-0.2, 0) is 4.74 Å². The monoisotopic (exact) mass is 260 g/mol. The molecule has 0 saturated heterocycles. The minimum absolute atomic E-state index is 0.195. The number of hydrogen-bond acceptors (Lipinski definition) is 4. The lowest BCUT2D eigenvalue weighted by Crippen LogP contribution is -2.32. The average molecular weight is 260 g/mol. The number of carbonyl (C=O) groups is 1. The molecule has 19 heavy (non-hydrogen) atoms. The van der Waals surface area contributed by atoms with Gasteiger partial charge in [0.15, 0.2) is 0 Å². The summed E-state index contributed by atoms with van der Waals surface area (Å²) >= 11 is 0. The third kappa shape index (κ3) is 3.20. The number of rotatable bonds is 5. The van der Waals surface area contributed by atoms with Crippen LogP contribution in [0.5, 0.6) is 0 Å². The Hall–Kier alpha value is -2.14. The first-order valence-electron chi connectivity index (χ1n) is 5.97. The van der Waals surface area contributed by atoms with Crippen molar-refractivity contribution in [3.05, 3.63) is 53.7 Å². The summed E-state index contributed by atoms with van der Waals surface area (Å²) in [5, 5.41) is 2.89. The van der Waals surface area contributed by atoms with Gasteiger partial charge < -0.3 is 14.5 Å². The fourth-order valence-corrected chi connectivity index (χ4v) is 1.81. The zero-order valence-electron chi connectivity index (χ0n) is 10.9. The van der Waals surface area contributed by atoms with E-state index < -0.39 is 0 Å². The minimum atomic E-state index is -0.284. The number of aromatic nitrogens is 1. The van der Waals surface area contributed by atoms with E-state index in [1.165, 1.54) is 6.26 Å². The predicted molar refractivity (Wildman–Crippen MR) is 69.8 cm³/mol. The molecule has 1 N–H and O–H groups in total. The summed E-state index contributed by atoms with van der Waals surface area (Å²) in [5.74, 6) is 0.397. The predicted octanol–water partition coefficient (Wildman–Crippen LogP) is 2.10. The van der Waals surface area contributed by atoms with Crippen LogP contribution < -0.4 is 5.32 Å². The van der Waals surface area contributed by atoms with E-state index >= 15 is 0 Å². The molecule has 0 spiro atoms. The third-order valence-electron chi connectivity index (χ3n) is 2.79. The Morgan fingerprint density at radius 2 is 2.32 bits per heavy atom. The van der Waals surface area contributed by atoms with Crippen molar-refractivity contribution < 1.29 is 13.9 Å². The maximum atomic E-state index is 12.1. The third-order valence-corrected chi connectivity index (χ3v) is 2.79. The molecule has 2 aromatic rings. The van der Waals surface area contributed by atoms with Gasteiger partial charge in [-0.1, -0.05) is 6.07 Å². The molecule has 1 unspecified atom stereocenters. The number of carbonyl (C=O) groups excluding carboxylic acids is 1. The highest BCUT2D eigenvalue weighted by Crippen LogP contribution is 2.13. The minimum Gasteiger partial charge on any atom is -0.469 e. The summed E-state index contributed by atoms with van der Waals surface area (Å²) in [5.41, 5.74) is 1.29. The Morgan fingerprint density at radius 1 is 1.47 bits per heavy atom. The van der Waals surface area contributed by atoms with Crippen LogP contribution in [0.1, 0.15) is 27.9 Å². The second kappa shape index (κ2) is 6.15. The van der Waals surface area contributed by atoms with Crippen molar-refractivity contribution in [1.82, 2.24) is 10.3 Å². The number of hydrogen-bond donors (Lipinski definition) is 1. The molecule has 0 fully saturated rings. The summed E-state index contributed by atoms with van der Waals surface area (Å²) in [7, 11) is 1.59. The van der Waals surface area contributed by atoms with Crippen LogP contribution in [0, 0.1) is 6.92 Å². The van der Waals surface area contributed by atoms with Gasteiger partial charge in [-0.05, 0) is 25.1 Å². The van der Waals surface area contributed by atoms with Crippen LogP contribution >= 0.6 is 0 Å². The maximum absolute atomic E-state index is 12.1. The van der Waals surface area contributed by atoms with Gasteiger partial charge in [0.25, 0.3) is 5.91 Å². The van der Waals surface area contributed by atoms with Crippen LogP contribution in [0.15, 0.2) is 41.1 Å². The number of nitrogens with zero attached hydrogens (tertiary/aromatic N) is 1. The largest absolute Gasteiger partial charge is 0.469 e. The zero-order chi connectivity index (χ0) is 13.7. The van der Waals surface area contributed by atoms with Crippen molar-refractivity contribution in [2.24, 2.45) is 0 Å². The molecular weight excluding hydrogens is 244 g/mol. The van der Waals surface area contributed by atoms with E-state index in [-0.39, 0.29) is 11.9 Å². The van der Waals surface area contributed by atoms with E-state index in [9.17, 15) is 4.79 Å². The number of ether oxygens (including phenoxy) is 1. The SMILES string of the molecule is COCC(NC(=O)c1ccoc1C)c1ccccn1. The molecule has 0 bridgehead atoms. The number of pyridine rings is 1. The molecule has 0 aliphatic carbocycles. The lowest BCUT2D eigenvalue weighted by Gasteiger charge is -2.17. The fraction of sp³-hybridized carbons (Fsp3) is 0.286. The number of methoxy groups -OCH3 is 1. The molecule has 100 valence electrons. The van der Waals surface area contributed by atoms with E-state index in [4.69, 9.17) is 9.15 Å². The standard InChI is InChI=1S/C14H16N2O3/c1-10-11(6-8-19-10)14(17)16-13(9-18-2)12-5-3-4-7-15-12/h3-8,13H,9H2,1-2H3,(H,16,17). The van der Waals surface area contributed by atoms with Crippen molar-refractivity contribution in [3.63, 3.8) is 0 Å². The molecule has 1 amide bonds. The summed E-state index contributed by atoms with van der Waals surface area (Å²) in [4.78, 5) is 16.4. The molecule has 2 aromatic heterocycles. The van der Waals surface area contributed by atoms with Crippen molar-refractivity contribution in [2.75, 3.05) is 13.7 Å². The topological polar surface area (TPSA) is 64.4 Å². The van der Waals surface area contributed by atoms with Gasteiger partial charge in [-0.2, -0.15) is 0 Å². The number of furan rings is 1. The van der Waals surface area contributed by atoms with Crippen LogP contribution in [0.4, 0.5) is 0 Å². The molecule has 1 atom stereocenters. The van der Waals surface area contributed by atoms with Gasteiger partial charge in [-0.3, -0.25) is 9.78 Å². The second-order valence-electron chi connectivity index (χ2n) is 4.13.